The number of amides is 2. The van der Waals surface area contributed by atoms with Gasteiger partial charge in [-0.25, -0.2) is 9.59 Å². The Kier molecular flexibility index (Phi) is 8.28. The zero-order valence-electron chi connectivity index (χ0n) is 11.0. The number of aliphatic carboxylic acids is 1. The molecule has 2 amide bonds. The summed E-state index contributed by atoms with van der Waals surface area (Å²) in [5, 5.41) is 14.2. The maximum atomic E-state index is 11.6. The fourth-order valence-corrected chi connectivity index (χ4v) is 2.00. The number of nitrogens with one attached hydrogen (secondary N) is 2. The average molecular weight is 274 g/mol. The molecule has 0 radical (unpaired) electrons. The molecule has 0 aliphatic rings. The topological polar surface area (TPSA) is 78.4 Å². The van der Waals surface area contributed by atoms with Crippen LogP contribution in [0.5, 0.6) is 0 Å². The van der Waals surface area contributed by atoms with E-state index in [4.69, 9.17) is 5.11 Å². The molecule has 0 aromatic heterocycles. The van der Waals surface area contributed by atoms with Crippen molar-refractivity contribution in [2.24, 2.45) is 0 Å². The highest BCUT2D eigenvalue weighted by atomic mass is 32.2. The van der Waals surface area contributed by atoms with Gasteiger partial charge in [-0.2, -0.15) is 11.8 Å². The minimum Gasteiger partial charge on any atom is -0.480 e. The van der Waals surface area contributed by atoms with Crippen molar-refractivity contribution >= 4 is 23.8 Å². The van der Waals surface area contributed by atoms with Crippen LogP contribution < -0.4 is 10.6 Å². The fraction of sp³-hybridized carbons (Fsp3) is 0.667. The van der Waals surface area contributed by atoms with Crippen molar-refractivity contribution in [3.63, 3.8) is 0 Å². The lowest BCUT2D eigenvalue weighted by molar-refractivity contribution is -0.144. The van der Waals surface area contributed by atoms with Gasteiger partial charge in [0, 0.05) is 18.1 Å². The van der Waals surface area contributed by atoms with Gasteiger partial charge < -0.3 is 15.7 Å². The van der Waals surface area contributed by atoms with Gasteiger partial charge in [-0.1, -0.05) is 19.4 Å². The van der Waals surface area contributed by atoms with Gasteiger partial charge in [0.25, 0.3) is 0 Å². The Morgan fingerprint density at radius 3 is 2.67 bits per heavy atom. The van der Waals surface area contributed by atoms with E-state index < -0.39 is 17.5 Å². The third kappa shape index (κ3) is 6.54. The summed E-state index contributed by atoms with van der Waals surface area (Å²) in [5.74, 6) is 0.601. The van der Waals surface area contributed by atoms with Crippen LogP contribution in [-0.2, 0) is 4.79 Å². The lowest BCUT2D eigenvalue weighted by atomic mass is 9.97. The lowest BCUT2D eigenvalue weighted by Gasteiger charge is -2.25. The van der Waals surface area contributed by atoms with E-state index in [1.165, 1.54) is 6.92 Å². The van der Waals surface area contributed by atoms with E-state index in [-0.39, 0.29) is 0 Å². The highest BCUT2D eigenvalue weighted by Crippen LogP contribution is 2.12. The van der Waals surface area contributed by atoms with E-state index in [9.17, 15) is 9.59 Å². The summed E-state index contributed by atoms with van der Waals surface area (Å²) in [6.07, 6.45) is 2.90. The number of rotatable bonds is 9. The second-order valence-electron chi connectivity index (χ2n) is 4.13. The van der Waals surface area contributed by atoms with Crippen LogP contribution in [0.2, 0.25) is 0 Å². The second kappa shape index (κ2) is 8.85. The predicted octanol–water partition coefficient (Wildman–Crippen LogP) is 1.85. The lowest BCUT2D eigenvalue weighted by Crippen LogP contribution is -2.55. The van der Waals surface area contributed by atoms with E-state index in [1.54, 1.807) is 17.8 Å². The third-order valence-electron chi connectivity index (χ3n) is 2.38. The third-order valence-corrected chi connectivity index (χ3v) is 3.34. The van der Waals surface area contributed by atoms with Gasteiger partial charge in [0.15, 0.2) is 0 Å². The summed E-state index contributed by atoms with van der Waals surface area (Å²) in [4.78, 5) is 22.7. The molecule has 0 aliphatic carbocycles. The Morgan fingerprint density at radius 1 is 1.50 bits per heavy atom. The van der Waals surface area contributed by atoms with E-state index in [0.717, 1.165) is 11.5 Å². The van der Waals surface area contributed by atoms with Crippen molar-refractivity contribution < 1.29 is 14.7 Å². The van der Waals surface area contributed by atoms with Crippen LogP contribution in [0, 0.1) is 0 Å². The molecule has 0 aromatic rings. The summed E-state index contributed by atoms with van der Waals surface area (Å²) in [7, 11) is 0. The number of carboxylic acids is 1. The first-order valence-electron chi connectivity index (χ1n) is 5.94. The van der Waals surface area contributed by atoms with Gasteiger partial charge in [0.1, 0.15) is 5.54 Å². The van der Waals surface area contributed by atoms with Gasteiger partial charge in [0.2, 0.25) is 0 Å². The smallest absolute Gasteiger partial charge is 0.329 e. The normalized spacial score (nSPS) is 13.4. The Labute approximate surface area is 112 Å². The van der Waals surface area contributed by atoms with Crippen molar-refractivity contribution in [3.8, 4) is 0 Å². The molecule has 0 aromatic carbocycles. The van der Waals surface area contributed by atoms with Crippen LogP contribution in [-0.4, -0.2) is 40.7 Å². The Balaban J connectivity index is 4.03. The zero-order chi connectivity index (χ0) is 14.0. The first-order chi connectivity index (χ1) is 8.46. The van der Waals surface area contributed by atoms with E-state index in [0.29, 0.717) is 19.4 Å². The van der Waals surface area contributed by atoms with Crippen molar-refractivity contribution in [1.29, 1.82) is 0 Å². The number of thioether (sulfide) groups is 1. The highest BCUT2D eigenvalue weighted by molar-refractivity contribution is 7.99. The SMILES string of the molecule is C=CCSCCNC(=O)NC(C)(CCC)C(=O)O. The van der Waals surface area contributed by atoms with Crippen molar-refractivity contribution in [2.75, 3.05) is 18.1 Å². The molecule has 3 N–H and O–H groups in total. The molecule has 6 heteroatoms. The predicted molar refractivity (Wildman–Crippen MR) is 75.0 cm³/mol. The van der Waals surface area contributed by atoms with Crippen LogP contribution >= 0.6 is 11.8 Å². The molecule has 0 bridgehead atoms. The molecular weight excluding hydrogens is 252 g/mol. The van der Waals surface area contributed by atoms with Crippen molar-refractivity contribution in [2.45, 2.75) is 32.2 Å². The molecule has 5 nitrogen and oxygen atoms in total. The van der Waals surface area contributed by atoms with E-state index >= 15 is 0 Å². The highest BCUT2D eigenvalue weighted by Gasteiger charge is 2.33. The Morgan fingerprint density at radius 2 is 2.17 bits per heavy atom. The number of carbonyl (C=O) groups excluding carboxylic acids is 1. The molecule has 1 unspecified atom stereocenters. The molecule has 104 valence electrons. The van der Waals surface area contributed by atoms with Gasteiger partial charge >= 0.3 is 12.0 Å². The molecule has 0 heterocycles. The monoisotopic (exact) mass is 274 g/mol. The van der Waals surface area contributed by atoms with Crippen LogP contribution in [0.1, 0.15) is 26.7 Å². The quantitative estimate of drug-likeness (QED) is 0.443. The molecule has 1 atom stereocenters. The maximum absolute atomic E-state index is 11.6. The molecule has 0 aliphatic heterocycles. The van der Waals surface area contributed by atoms with Crippen LogP contribution in [0.25, 0.3) is 0 Å². The molecule has 0 rings (SSSR count). The maximum Gasteiger partial charge on any atom is 0.329 e. The number of hydrogen-bond acceptors (Lipinski definition) is 3. The second-order valence-corrected chi connectivity index (χ2v) is 5.28. The van der Waals surface area contributed by atoms with Gasteiger partial charge in [-0.05, 0) is 13.3 Å². The first-order valence-corrected chi connectivity index (χ1v) is 7.09. The largest absolute Gasteiger partial charge is 0.480 e. The van der Waals surface area contributed by atoms with E-state index in [1.807, 2.05) is 6.92 Å². The van der Waals surface area contributed by atoms with Crippen molar-refractivity contribution in [1.82, 2.24) is 10.6 Å². The fourth-order valence-electron chi connectivity index (χ4n) is 1.42. The summed E-state index contributed by atoms with van der Waals surface area (Å²) < 4.78 is 0. The van der Waals surface area contributed by atoms with Gasteiger partial charge in [-0.15, -0.1) is 6.58 Å². The van der Waals surface area contributed by atoms with Crippen molar-refractivity contribution in [3.05, 3.63) is 12.7 Å². The zero-order valence-corrected chi connectivity index (χ0v) is 11.8. The minimum absolute atomic E-state index is 0.404. The van der Waals surface area contributed by atoms with Gasteiger partial charge in [0.05, 0.1) is 0 Å². The average Bonchev–Trinajstić information content (AvgIpc) is 2.28. The standard InChI is InChI=1S/C12H22N2O3S/c1-4-6-12(3,10(15)16)14-11(17)13-7-9-18-8-5-2/h5H,2,4,6-9H2,1,3H3,(H,15,16)(H2,13,14,17). The molecule has 0 spiro atoms. The Bertz CT molecular complexity index is 297. The summed E-state index contributed by atoms with van der Waals surface area (Å²) >= 11 is 1.65. The molecule has 0 fully saturated rings. The van der Waals surface area contributed by atoms with Crippen LogP contribution in [0.4, 0.5) is 4.79 Å². The number of carboxylic acid groups (broad SMARTS) is 1. The minimum atomic E-state index is -1.20. The van der Waals surface area contributed by atoms with Gasteiger partial charge in [-0.3, -0.25) is 0 Å². The number of carbonyl (C=O) groups is 2. The molecule has 0 saturated heterocycles. The summed E-state index contributed by atoms with van der Waals surface area (Å²) in [6.45, 7) is 7.50. The Hall–Kier alpha value is -1.17. The number of urea groups is 1. The summed E-state index contributed by atoms with van der Waals surface area (Å²) in [6, 6.07) is -0.437. The molecular formula is C12H22N2O3S. The summed E-state index contributed by atoms with van der Waals surface area (Å²) in [5.41, 5.74) is -1.20. The first kappa shape index (κ1) is 16.8. The van der Waals surface area contributed by atoms with E-state index in [2.05, 4.69) is 17.2 Å². The molecule has 18 heavy (non-hydrogen) atoms. The number of hydrogen-bond donors (Lipinski definition) is 3. The van der Waals surface area contributed by atoms with Crippen LogP contribution in [0.15, 0.2) is 12.7 Å². The van der Waals surface area contributed by atoms with Crippen LogP contribution in [0.3, 0.4) is 0 Å². The molecule has 0 saturated carbocycles.